The summed E-state index contributed by atoms with van der Waals surface area (Å²) in [7, 11) is 0. The predicted molar refractivity (Wildman–Crippen MR) is 94.0 cm³/mol. The number of nitrogens with one attached hydrogen (secondary N) is 1. The summed E-state index contributed by atoms with van der Waals surface area (Å²) in [4.78, 5) is 16.7. The van der Waals surface area contributed by atoms with Gasteiger partial charge in [-0.1, -0.05) is 5.16 Å². The highest BCUT2D eigenvalue weighted by Gasteiger charge is 2.13. The summed E-state index contributed by atoms with van der Waals surface area (Å²) in [6.45, 7) is 6.05. The Kier molecular flexibility index (Phi) is 3.80. The first-order valence-corrected chi connectivity index (χ1v) is 8.12. The molecular formula is C18H17N5O3. The Labute approximate surface area is 148 Å². The quantitative estimate of drug-likeness (QED) is 0.606. The highest BCUT2D eigenvalue weighted by atomic mass is 16.5. The van der Waals surface area contributed by atoms with Gasteiger partial charge in [-0.15, -0.1) is 0 Å². The van der Waals surface area contributed by atoms with Crippen LogP contribution >= 0.6 is 0 Å². The van der Waals surface area contributed by atoms with Crippen molar-refractivity contribution < 1.29 is 13.7 Å². The molecule has 132 valence electrons. The minimum absolute atomic E-state index is 0.238. The first-order valence-electron chi connectivity index (χ1n) is 8.12. The van der Waals surface area contributed by atoms with Gasteiger partial charge in [0.25, 0.3) is 5.91 Å². The Balaban J connectivity index is 1.50. The first-order chi connectivity index (χ1) is 12.5. The molecule has 3 heterocycles. The van der Waals surface area contributed by atoms with E-state index in [0.29, 0.717) is 29.3 Å². The van der Waals surface area contributed by atoms with Gasteiger partial charge in [0, 0.05) is 24.2 Å². The maximum atomic E-state index is 12.5. The molecule has 4 rings (SSSR count). The number of anilines is 1. The summed E-state index contributed by atoms with van der Waals surface area (Å²) in [6.07, 6.45) is 3.37. The van der Waals surface area contributed by atoms with Crippen LogP contribution in [0.25, 0.3) is 11.1 Å². The fourth-order valence-corrected chi connectivity index (χ4v) is 2.79. The highest BCUT2D eigenvalue weighted by Crippen LogP contribution is 2.19. The minimum Gasteiger partial charge on any atom is -0.441 e. The molecule has 0 aliphatic carbocycles. The maximum Gasteiger partial charge on any atom is 0.255 e. The van der Waals surface area contributed by atoms with E-state index < -0.39 is 0 Å². The third-order valence-corrected chi connectivity index (χ3v) is 4.15. The van der Waals surface area contributed by atoms with Gasteiger partial charge in [-0.2, -0.15) is 5.10 Å². The molecule has 0 saturated heterocycles. The van der Waals surface area contributed by atoms with Crippen LogP contribution in [0, 0.1) is 20.8 Å². The summed E-state index contributed by atoms with van der Waals surface area (Å²) < 4.78 is 12.4. The summed E-state index contributed by atoms with van der Waals surface area (Å²) in [6, 6.07) is 5.16. The average molecular weight is 351 g/mol. The van der Waals surface area contributed by atoms with Crippen molar-refractivity contribution in [2.45, 2.75) is 27.3 Å². The van der Waals surface area contributed by atoms with Crippen LogP contribution in [0.3, 0.4) is 0 Å². The number of carbonyl (C=O) groups excluding carboxylic acids is 1. The molecule has 1 N–H and O–H groups in total. The topological polar surface area (TPSA) is 99.0 Å². The number of benzene rings is 1. The van der Waals surface area contributed by atoms with E-state index in [2.05, 4.69) is 20.6 Å². The molecule has 0 radical (unpaired) electrons. The maximum absolute atomic E-state index is 12.5. The van der Waals surface area contributed by atoms with Gasteiger partial charge in [0.15, 0.2) is 11.5 Å². The van der Waals surface area contributed by atoms with Crippen molar-refractivity contribution >= 4 is 22.7 Å². The van der Waals surface area contributed by atoms with E-state index in [1.165, 1.54) is 0 Å². The van der Waals surface area contributed by atoms with E-state index in [1.807, 2.05) is 13.8 Å². The molecule has 3 aromatic heterocycles. The Morgan fingerprint density at radius 1 is 1.27 bits per heavy atom. The minimum atomic E-state index is -0.238. The monoisotopic (exact) mass is 351 g/mol. The zero-order valence-corrected chi connectivity index (χ0v) is 14.6. The normalized spacial score (nSPS) is 11.2. The van der Waals surface area contributed by atoms with Crippen LogP contribution < -0.4 is 5.32 Å². The van der Waals surface area contributed by atoms with Crippen LogP contribution in [-0.4, -0.2) is 25.8 Å². The number of oxazole rings is 1. The summed E-state index contributed by atoms with van der Waals surface area (Å²) in [5.74, 6) is 1.09. The molecule has 0 bridgehead atoms. The third-order valence-electron chi connectivity index (χ3n) is 4.15. The molecule has 0 saturated carbocycles. The molecule has 0 spiro atoms. The molecular weight excluding hydrogens is 334 g/mol. The number of nitrogens with zero attached hydrogens (tertiary/aromatic N) is 4. The van der Waals surface area contributed by atoms with E-state index in [0.717, 1.165) is 22.5 Å². The van der Waals surface area contributed by atoms with Gasteiger partial charge in [0.2, 0.25) is 0 Å². The average Bonchev–Trinajstić information content (AvgIpc) is 3.28. The number of amides is 1. The van der Waals surface area contributed by atoms with Gasteiger partial charge in [0.1, 0.15) is 11.3 Å². The standard InChI is InChI=1S/C18H17N5O3/c1-10-15(11(2)26-22-10)9-23-8-14(7-19-23)21-18(24)13-4-5-16-17(6-13)25-12(3)20-16/h4-8H,9H2,1-3H3,(H,21,24). The van der Waals surface area contributed by atoms with E-state index in [1.54, 1.807) is 42.2 Å². The number of aromatic nitrogens is 4. The fourth-order valence-electron chi connectivity index (χ4n) is 2.79. The van der Waals surface area contributed by atoms with Crippen molar-refractivity contribution in [3.05, 3.63) is 59.1 Å². The molecule has 0 atom stereocenters. The van der Waals surface area contributed by atoms with Gasteiger partial charge >= 0.3 is 0 Å². The largest absolute Gasteiger partial charge is 0.441 e. The molecule has 1 amide bonds. The van der Waals surface area contributed by atoms with Crippen molar-refractivity contribution in [3.63, 3.8) is 0 Å². The lowest BCUT2D eigenvalue weighted by Gasteiger charge is -2.02. The Morgan fingerprint density at radius 3 is 2.88 bits per heavy atom. The number of carbonyl (C=O) groups is 1. The molecule has 0 aliphatic heterocycles. The van der Waals surface area contributed by atoms with Gasteiger partial charge < -0.3 is 14.3 Å². The summed E-state index contributed by atoms with van der Waals surface area (Å²) >= 11 is 0. The molecule has 4 aromatic rings. The number of aryl methyl sites for hydroxylation is 3. The number of hydrogen-bond acceptors (Lipinski definition) is 6. The second-order valence-electron chi connectivity index (χ2n) is 6.10. The molecule has 8 heteroatoms. The molecule has 26 heavy (non-hydrogen) atoms. The van der Waals surface area contributed by atoms with Crippen molar-refractivity contribution in [3.8, 4) is 0 Å². The van der Waals surface area contributed by atoms with Crippen molar-refractivity contribution in [1.82, 2.24) is 19.9 Å². The Hall–Kier alpha value is -3.42. The van der Waals surface area contributed by atoms with E-state index in [4.69, 9.17) is 8.94 Å². The van der Waals surface area contributed by atoms with E-state index in [9.17, 15) is 4.79 Å². The number of rotatable bonds is 4. The molecule has 8 nitrogen and oxygen atoms in total. The lowest BCUT2D eigenvalue weighted by Crippen LogP contribution is -2.11. The van der Waals surface area contributed by atoms with Crippen molar-refractivity contribution in [1.29, 1.82) is 0 Å². The molecule has 0 fully saturated rings. The predicted octanol–water partition coefficient (Wildman–Crippen LogP) is 3.24. The summed E-state index contributed by atoms with van der Waals surface area (Å²) in [5, 5.41) is 11.0. The van der Waals surface area contributed by atoms with Gasteiger partial charge in [0.05, 0.1) is 24.1 Å². The first kappa shape index (κ1) is 16.1. The third kappa shape index (κ3) is 2.97. The zero-order chi connectivity index (χ0) is 18.3. The SMILES string of the molecule is Cc1nc2ccc(C(=O)Nc3cnn(Cc4c(C)noc4C)c3)cc2o1. The van der Waals surface area contributed by atoms with Crippen LogP contribution in [0.15, 0.2) is 39.5 Å². The highest BCUT2D eigenvalue weighted by molar-refractivity contribution is 6.05. The summed E-state index contributed by atoms with van der Waals surface area (Å²) in [5.41, 5.74) is 4.23. The second-order valence-corrected chi connectivity index (χ2v) is 6.10. The Morgan fingerprint density at radius 2 is 2.12 bits per heavy atom. The van der Waals surface area contributed by atoms with Gasteiger partial charge in [-0.05, 0) is 32.0 Å². The fraction of sp³-hybridized carbons (Fsp3) is 0.222. The number of hydrogen-bond donors (Lipinski definition) is 1. The van der Waals surface area contributed by atoms with E-state index in [-0.39, 0.29) is 5.91 Å². The van der Waals surface area contributed by atoms with Gasteiger partial charge in [-0.25, -0.2) is 4.98 Å². The molecule has 0 unspecified atom stereocenters. The second kappa shape index (κ2) is 6.14. The van der Waals surface area contributed by atoms with Crippen LogP contribution in [0.2, 0.25) is 0 Å². The lowest BCUT2D eigenvalue weighted by molar-refractivity contribution is 0.102. The van der Waals surface area contributed by atoms with Crippen LogP contribution in [0.4, 0.5) is 5.69 Å². The van der Waals surface area contributed by atoms with Crippen LogP contribution in [0.1, 0.15) is 33.3 Å². The smallest absolute Gasteiger partial charge is 0.255 e. The molecule has 1 aromatic carbocycles. The van der Waals surface area contributed by atoms with Crippen molar-refractivity contribution in [2.24, 2.45) is 0 Å². The lowest BCUT2D eigenvalue weighted by atomic mass is 10.2. The molecule has 0 aliphatic rings. The van der Waals surface area contributed by atoms with Crippen molar-refractivity contribution in [2.75, 3.05) is 5.32 Å². The zero-order valence-electron chi connectivity index (χ0n) is 14.6. The van der Waals surface area contributed by atoms with Gasteiger partial charge in [-0.3, -0.25) is 9.48 Å². The number of fused-ring (bicyclic) bond motifs is 1. The van der Waals surface area contributed by atoms with Crippen LogP contribution in [0.5, 0.6) is 0 Å². The Bertz CT molecular complexity index is 1090. The van der Waals surface area contributed by atoms with E-state index >= 15 is 0 Å². The van der Waals surface area contributed by atoms with Crippen LogP contribution in [-0.2, 0) is 6.54 Å².